The number of ether oxygens (including phenoxy) is 1. The van der Waals surface area contributed by atoms with E-state index in [1.807, 2.05) is 13.0 Å². The molecule has 0 aromatic carbocycles. The van der Waals surface area contributed by atoms with E-state index >= 15 is 0 Å². The molecule has 0 saturated heterocycles. The lowest BCUT2D eigenvalue weighted by Gasteiger charge is -1.89. The Morgan fingerprint density at radius 2 is 2.38 bits per heavy atom. The lowest BCUT2D eigenvalue weighted by Crippen LogP contribution is -1.98. The van der Waals surface area contributed by atoms with Crippen molar-refractivity contribution in [1.29, 1.82) is 0 Å². The van der Waals surface area contributed by atoms with Crippen molar-refractivity contribution < 1.29 is 9.53 Å². The van der Waals surface area contributed by atoms with Crippen LogP contribution in [0.2, 0.25) is 0 Å². The zero-order chi connectivity index (χ0) is 6.15. The lowest BCUT2D eigenvalue weighted by atomic mass is 10.3. The fourth-order valence-electron chi connectivity index (χ4n) is 0.593. The van der Waals surface area contributed by atoms with Crippen LogP contribution < -0.4 is 0 Å². The van der Waals surface area contributed by atoms with Crippen LogP contribution in [-0.2, 0) is 9.53 Å². The Labute approximate surface area is 48.1 Å². The first-order valence-corrected chi connectivity index (χ1v) is 2.55. The molecule has 44 valence electrons. The van der Waals surface area contributed by atoms with Gasteiger partial charge in [0.05, 0.1) is 7.11 Å². The maximum absolute atomic E-state index is 10.5. The highest BCUT2D eigenvalue weighted by atomic mass is 16.5. The van der Waals surface area contributed by atoms with Crippen molar-refractivity contribution in [2.45, 2.75) is 6.92 Å². The highest BCUT2D eigenvalue weighted by molar-refractivity contribution is 5.93. The molecule has 0 N–H and O–H groups in total. The minimum absolute atomic E-state index is 0.183. The molecular formula is C6H8O2. The van der Waals surface area contributed by atoms with Crippen molar-refractivity contribution in [2.75, 3.05) is 7.11 Å². The van der Waals surface area contributed by atoms with Crippen molar-refractivity contribution in [3.05, 3.63) is 11.6 Å². The van der Waals surface area contributed by atoms with Gasteiger partial charge >= 0.3 is 5.97 Å². The van der Waals surface area contributed by atoms with Crippen LogP contribution in [0, 0.1) is 5.92 Å². The second-order valence-corrected chi connectivity index (χ2v) is 1.90. The molecule has 1 unspecified atom stereocenters. The van der Waals surface area contributed by atoms with Gasteiger partial charge in [-0.3, -0.25) is 0 Å². The van der Waals surface area contributed by atoms with E-state index < -0.39 is 0 Å². The van der Waals surface area contributed by atoms with E-state index in [2.05, 4.69) is 4.74 Å². The highest BCUT2D eigenvalue weighted by Crippen LogP contribution is 2.28. The summed E-state index contributed by atoms with van der Waals surface area (Å²) in [6.07, 6.45) is 1.88. The average Bonchev–Trinajstić information content (AvgIpc) is 2.45. The Morgan fingerprint density at radius 1 is 1.88 bits per heavy atom. The molecule has 0 radical (unpaired) electrons. The predicted molar refractivity (Wildman–Crippen MR) is 29.3 cm³/mol. The molecule has 2 nitrogen and oxygen atoms in total. The molecule has 0 saturated carbocycles. The number of rotatable bonds is 1. The Bertz CT molecular complexity index is 147. The largest absolute Gasteiger partial charge is 0.466 e. The Kier molecular flexibility index (Phi) is 1.08. The Balaban J connectivity index is 2.40. The number of esters is 1. The van der Waals surface area contributed by atoms with E-state index in [0.29, 0.717) is 5.92 Å². The quantitative estimate of drug-likeness (QED) is 0.467. The molecule has 0 fully saturated rings. The van der Waals surface area contributed by atoms with Gasteiger partial charge in [0.2, 0.25) is 0 Å². The maximum Gasteiger partial charge on any atom is 0.334 e. The number of carbonyl (C=O) groups is 1. The van der Waals surface area contributed by atoms with Crippen LogP contribution in [0.1, 0.15) is 6.92 Å². The van der Waals surface area contributed by atoms with Crippen molar-refractivity contribution in [3.8, 4) is 0 Å². The Morgan fingerprint density at radius 3 is 2.50 bits per heavy atom. The van der Waals surface area contributed by atoms with Gasteiger partial charge in [-0.1, -0.05) is 13.0 Å². The van der Waals surface area contributed by atoms with E-state index in [0.717, 1.165) is 5.57 Å². The van der Waals surface area contributed by atoms with E-state index in [-0.39, 0.29) is 5.97 Å². The van der Waals surface area contributed by atoms with Gasteiger partial charge in [-0.25, -0.2) is 4.79 Å². The van der Waals surface area contributed by atoms with Crippen LogP contribution in [0.5, 0.6) is 0 Å². The molecule has 0 amide bonds. The molecule has 0 heterocycles. The summed E-state index contributed by atoms with van der Waals surface area (Å²) in [5.41, 5.74) is 0.813. The SMILES string of the molecule is COC(=O)C1=CC1C. The third-order valence-electron chi connectivity index (χ3n) is 1.23. The van der Waals surface area contributed by atoms with E-state index in [9.17, 15) is 4.79 Å². The maximum atomic E-state index is 10.5. The summed E-state index contributed by atoms with van der Waals surface area (Å²) >= 11 is 0. The summed E-state index contributed by atoms with van der Waals surface area (Å²) in [4.78, 5) is 10.5. The Hall–Kier alpha value is -0.790. The fraction of sp³-hybridized carbons (Fsp3) is 0.500. The second-order valence-electron chi connectivity index (χ2n) is 1.90. The topological polar surface area (TPSA) is 26.3 Å². The van der Waals surface area contributed by atoms with E-state index in [4.69, 9.17) is 0 Å². The van der Waals surface area contributed by atoms with E-state index in [1.165, 1.54) is 7.11 Å². The van der Waals surface area contributed by atoms with Gasteiger partial charge in [0.1, 0.15) is 0 Å². The number of methoxy groups -OCH3 is 1. The zero-order valence-corrected chi connectivity index (χ0v) is 4.97. The van der Waals surface area contributed by atoms with Gasteiger partial charge in [0.25, 0.3) is 0 Å². The van der Waals surface area contributed by atoms with Crippen molar-refractivity contribution in [1.82, 2.24) is 0 Å². The summed E-state index contributed by atoms with van der Waals surface area (Å²) < 4.78 is 4.44. The van der Waals surface area contributed by atoms with Crippen LogP contribution in [-0.4, -0.2) is 13.1 Å². The van der Waals surface area contributed by atoms with Gasteiger partial charge in [-0.2, -0.15) is 0 Å². The summed E-state index contributed by atoms with van der Waals surface area (Å²) in [7, 11) is 1.40. The molecule has 2 heteroatoms. The minimum atomic E-state index is -0.183. The minimum Gasteiger partial charge on any atom is -0.466 e. The molecule has 0 bridgehead atoms. The zero-order valence-electron chi connectivity index (χ0n) is 4.97. The smallest absolute Gasteiger partial charge is 0.334 e. The summed E-state index contributed by atoms with van der Waals surface area (Å²) in [6.45, 7) is 1.96. The van der Waals surface area contributed by atoms with Crippen molar-refractivity contribution in [3.63, 3.8) is 0 Å². The molecule has 0 aromatic rings. The van der Waals surface area contributed by atoms with Gasteiger partial charge in [0.15, 0.2) is 0 Å². The summed E-state index contributed by atoms with van der Waals surface area (Å²) in [5.74, 6) is 0.181. The van der Waals surface area contributed by atoms with Gasteiger partial charge in [-0.15, -0.1) is 0 Å². The standard InChI is InChI=1S/C6H8O2/c1-4-3-5(4)6(7)8-2/h3-4H,1-2H3. The van der Waals surface area contributed by atoms with Crippen LogP contribution >= 0.6 is 0 Å². The number of hydrogen-bond acceptors (Lipinski definition) is 2. The van der Waals surface area contributed by atoms with Gasteiger partial charge in [0, 0.05) is 11.5 Å². The molecule has 1 atom stereocenters. The molecular weight excluding hydrogens is 104 g/mol. The number of allylic oxidation sites excluding steroid dienone is 1. The average molecular weight is 112 g/mol. The molecule has 0 aromatic heterocycles. The molecule has 1 aliphatic rings. The predicted octanol–water partition coefficient (Wildman–Crippen LogP) is 0.735. The second kappa shape index (κ2) is 1.62. The van der Waals surface area contributed by atoms with Crippen LogP contribution in [0.4, 0.5) is 0 Å². The van der Waals surface area contributed by atoms with Gasteiger partial charge < -0.3 is 4.74 Å². The van der Waals surface area contributed by atoms with Crippen molar-refractivity contribution in [2.24, 2.45) is 5.92 Å². The molecule has 1 rings (SSSR count). The fourth-order valence-corrected chi connectivity index (χ4v) is 0.593. The third-order valence-corrected chi connectivity index (χ3v) is 1.23. The summed E-state index contributed by atoms with van der Waals surface area (Å²) in [6, 6.07) is 0. The molecule has 0 aliphatic heterocycles. The monoisotopic (exact) mass is 112 g/mol. The summed E-state index contributed by atoms with van der Waals surface area (Å²) in [5, 5.41) is 0. The lowest BCUT2D eigenvalue weighted by molar-refractivity contribution is -0.135. The molecule has 0 spiro atoms. The highest BCUT2D eigenvalue weighted by Gasteiger charge is 2.26. The molecule has 1 aliphatic carbocycles. The first-order valence-electron chi connectivity index (χ1n) is 2.55. The number of carbonyl (C=O) groups excluding carboxylic acids is 1. The van der Waals surface area contributed by atoms with Crippen molar-refractivity contribution >= 4 is 5.97 Å². The van der Waals surface area contributed by atoms with Gasteiger partial charge in [-0.05, 0) is 0 Å². The third kappa shape index (κ3) is 0.735. The first-order chi connectivity index (χ1) is 3.75. The van der Waals surface area contributed by atoms with Crippen LogP contribution in [0.25, 0.3) is 0 Å². The van der Waals surface area contributed by atoms with Crippen LogP contribution in [0.3, 0.4) is 0 Å². The van der Waals surface area contributed by atoms with Crippen LogP contribution in [0.15, 0.2) is 11.6 Å². The van der Waals surface area contributed by atoms with E-state index in [1.54, 1.807) is 0 Å². The first kappa shape index (κ1) is 5.35. The molecule has 8 heavy (non-hydrogen) atoms. The normalized spacial score (nSPS) is 24.2. The number of hydrogen-bond donors (Lipinski definition) is 0.